The first-order valence-corrected chi connectivity index (χ1v) is 10.5. The van der Waals surface area contributed by atoms with Gasteiger partial charge in [-0.1, -0.05) is 42.1 Å². The first-order valence-electron chi connectivity index (χ1n) is 9.51. The standard InChI is InChI=1S/C21H23N5O4S/c1-4-22-20(28)23-18(27)13-31-21-25-24-19(14-8-6-5-7-9-14)26(21)15-10-11-16(29-2)17(12-15)30-3/h5-12H,4,13H2,1-3H3,(H2,22,23,27,28). The lowest BCUT2D eigenvalue weighted by molar-refractivity contribution is -0.117. The molecule has 0 saturated carbocycles. The Morgan fingerprint density at radius 2 is 1.77 bits per heavy atom. The zero-order valence-electron chi connectivity index (χ0n) is 17.4. The number of methoxy groups -OCH3 is 2. The van der Waals surface area contributed by atoms with Crippen molar-refractivity contribution in [2.45, 2.75) is 12.1 Å². The fourth-order valence-electron chi connectivity index (χ4n) is 2.83. The van der Waals surface area contributed by atoms with Crippen molar-refractivity contribution in [3.63, 3.8) is 0 Å². The molecule has 31 heavy (non-hydrogen) atoms. The molecule has 0 unspecified atom stereocenters. The van der Waals surface area contributed by atoms with Crippen molar-refractivity contribution in [1.29, 1.82) is 0 Å². The quantitative estimate of drug-likeness (QED) is 0.518. The largest absolute Gasteiger partial charge is 0.493 e. The highest BCUT2D eigenvalue weighted by atomic mass is 32.2. The molecule has 3 aromatic rings. The van der Waals surface area contributed by atoms with Gasteiger partial charge in [0.15, 0.2) is 22.5 Å². The number of nitrogens with one attached hydrogen (secondary N) is 2. The molecule has 0 atom stereocenters. The van der Waals surface area contributed by atoms with Crippen LogP contribution in [0.1, 0.15) is 6.92 Å². The molecule has 0 spiro atoms. The molecule has 0 aliphatic rings. The van der Waals surface area contributed by atoms with Crippen LogP contribution >= 0.6 is 11.8 Å². The molecule has 1 aromatic heterocycles. The molecule has 3 rings (SSSR count). The van der Waals surface area contributed by atoms with Gasteiger partial charge >= 0.3 is 6.03 Å². The third-order valence-corrected chi connectivity index (χ3v) is 5.14. The topological polar surface area (TPSA) is 107 Å². The fraction of sp³-hybridized carbons (Fsp3) is 0.238. The van der Waals surface area contributed by atoms with Gasteiger partial charge < -0.3 is 14.8 Å². The molecule has 0 aliphatic carbocycles. The minimum atomic E-state index is -0.528. The van der Waals surface area contributed by atoms with Crippen LogP contribution in [0.15, 0.2) is 53.7 Å². The van der Waals surface area contributed by atoms with Crippen LogP contribution in [0.4, 0.5) is 4.79 Å². The molecule has 0 saturated heterocycles. The van der Waals surface area contributed by atoms with Gasteiger partial charge in [-0.25, -0.2) is 4.79 Å². The second kappa shape index (κ2) is 10.5. The number of nitrogens with zero attached hydrogens (tertiary/aromatic N) is 3. The Morgan fingerprint density at radius 1 is 1.03 bits per heavy atom. The summed E-state index contributed by atoms with van der Waals surface area (Å²) >= 11 is 1.17. The Balaban J connectivity index is 1.95. The minimum absolute atomic E-state index is 0.00263. The summed E-state index contributed by atoms with van der Waals surface area (Å²) < 4.78 is 12.6. The number of aromatic nitrogens is 3. The number of carbonyl (C=O) groups is 2. The Labute approximate surface area is 184 Å². The number of hydrogen-bond acceptors (Lipinski definition) is 7. The molecule has 3 amide bonds. The molecule has 0 radical (unpaired) electrons. The van der Waals surface area contributed by atoms with Gasteiger partial charge in [-0.05, 0) is 19.1 Å². The maximum atomic E-state index is 12.1. The molecule has 9 nitrogen and oxygen atoms in total. The molecular formula is C21H23N5O4S. The van der Waals surface area contributed by atoms with E-state index in [1.807, 2.05) is 47.0 Å². The van der Waals surface area contributed by atoms with Crippen LogP contribution < -0.4 is 20.1 Å². The van der Waals surface area contributed by atoms with Crippen LogP contribution in [0, 0.1) is 0 Å². The monoisotopic (exact) mass is 441 g/mol. The number of rotatable bonds is 8. The van der Waals surface area contributed by atoms with E-state index in [1.165, 1.54) is 11.8 Å². The van der Waals surface area contributed by atoms with Gasteiger partial charge in [-0.3, -0.25) is 14.7 Å². The molecule has 10 heteroatoms. The lowest BCUT2D eigenvalue weighted by atomic mass is 10.2. The Bertz CT molecular complexity index is 1060. The van der Waals surface area contributed by atoms with Crippen LogP contribution in [0.25, 0.3) is 17.1 Å². The highest BCUT2D eigenvalue weighted by molar-refractivity contribution is 7.99. The fourth-order valence-corrected chi connectivity index (χ4v) is 3.58. The average molecular weight is 442 g/mol. The average Bonchev–Trinajstić information content (AvgIpc) is 3.22. The summed E-state index contributed by atoms with van der Waals surface area (Å²) in [6.07, 6.45) is 0. The van der Waals surface area contributed by atoms with Gasteiger partial charge in [0.05, 0.1) is 25.7 Å². The van der Waals surface area contributed by atoms with Crippen molar-refractivity contribution in [2.75, 3.05) is 26.5 Å². The van der Waals surface area contributed by atoms with E-state index in [9.17, 15) is 9.59 Å². The van der Waals surface area contributed by atoms with Gasteiger partial charge in [0.25, 0.3) is 0 Å². The molecular weight excluding hydrogens is 418 g/mol. The second-order valence-electron chi connectivity index (χ2n) is 6.24. The van der Waals surface area contributed by atoms with Crippen molar-refractivity contribution in [2.24, 2.45) is 0 Å². The van der Waals surface area contributed by atoms with Crippen molar-refractivity contribution in [1.82, 2.24) is 25.4 Å². The van der Waals surface area contributed by atoms with Crippen molar-refractivity contribution >= 4 is 23.7 Å². The van der Waals surface area contributed by atoms with Gasteiger partial charge in [-0.2, -0.15) is 0 Å². The summed E-state index contributed by atoms with van der Waals surface area (Å²) in [4.78, 5) is 23.7. The predicted octanol–water partition coefficient (Wildman–Crippen LogP) is 2.89. The van der Waals surface area contributed by atoms with Crippen LogP contribution in [-0.2, 0) is 4.79 Å². The first-order chi connectivity index (χ1) is 15.1. The Morgan fingerprint density at radius 3 is 2.45 bits per heavy atom. The number of ether oxygens (including phenoxy) is 2. The van der Waals surface area contributed by atoms with E-state index in [2.05, 4.69) is 20.8 Å². The molecule has 162 valence electrons. The highest BCUT2D eigenvalue weighted by Gasteiger charge is 2.19. The lowest BCUT2D eigenvalue weighted by Gasteiger charge is -2.13. The van der Waals surface area contributed by atoms with E-state index < -0.39 is 11.9 Å². The summed E-state index contributed by atoms with van der Waals surface area (Å²) in [5.41, 5.74) is 1.61. The van der Waals surface area contributed by atoms with Gasteiger partial charge in [-0.15, -0.1) is 10.2 Å². The van der Waals surface area contributed by atoms with Gasteiger partial charge in [0.2, 0.25) is 5.91 Å². The number of imide groups is 1. The summed E-state index contributed by atoms with van der Waals surface area (Å²) in [6, 6.07) is 14.5. The van der Waals surface area contributed by atoms with E-state index in [0.717, 1.165) is 11.3 Å². The van der Waals surface area contributed by atoms with E-state index in [0.29, 0.717) is 29.0 Å². The number of hydrogen-bond donors (Lipinski definition) is 2. The van der Waals surface area contributed by atoms with Crippen molar-refractivity contribution in [3.8, 4) is 28.6 Å². The molecule has 2 aromatic carbocycles. The zero-order chi connectivity index (χ0) is 22.2. The predicted molar refractivity (Wildman–Crippen MR) is 118 cm³/mol. The van der Waals surface area contributed by atoms with Crippen molar-refractivity contribution in [3.05, 3.63) is 48.5 Å². The summed E-state index contributed by atoms with van der Waals surface area (Å²) in [7, 11) is 3.13. The second-order valence-corrected chi connectivity index (χ2v) is 7.19. The highest BCUT2D eigenvalue weighted by Crippen LogP contribution is 2.33. The number of amides is 3. The summed E-state index contributed by atoms with van der Waals surface area (Å²) in [6.45, 7) is 2.20. The Kier molecular flexibility index (Phi) is 7.50. The molecule has 2 N–H and O–H groups in total. The van der Waals surface area contributed by atoms with Crippen LogP contribution in [0.5, 0.6) is 11.5 Å². The normalized spacial score (nSPS) is 10.4. The number of benzene rings is 2. The summed E-state index contributed by atoms with van der Waals surface area (Å²) in [5.74, 6) is 1.32. The molecule has 0 fully saturated rings. The van der Waals surface area contributed by atoms with E-state index >= 15 is 0 Å². The maximum absolute atomic E-state index is 12.1. The van der Waals surface area contributed by atoms with Crippen LogP contribution in [-0.4, -0.2) is 53.2 Å². The third-order valence-electron chi connectivity index (χ3n) is 4.21. The van der Waals surface area contributed by atoms with Crippen LogP contribution in [0.2, 0.25) is 0 Å². The van der Waals surface area contributed by atoms with Crippen LogP contribution in [0.3, 0.4) is 0 Å². The Hall–Kier alpha value is -3.53. The lowest BCUT2D eigenvalue weighted by Crippen LogP contribution is -2.40. The van der Waals surface area contributed by atoms with E-state index in [4.69, 9.17) is 9.47 Å². The number of carbonyl (C=O) groups excluding carboxylic acids is 2. The maximum Gasteiger partial charge on any atom is 0.321 e. The summed E-state index contributed by atoms with van der Waals surface area (Å²) in [5, 5.41) is 13.9. The SMILES string of the molecule is CCNC(=O)NC(=O)CSc1nnc(-c2ccccc2)n1-c1ccc(OC)c(OC)c1. The van der Waals surface area contributed by atoms with Gasteiger partial charge in [0, 0.05) is 18.2 Å². The zero-order valence-corrected chi connectivity index (χ0v) is 18.2. The number of thioether (sulfide) groups is 1. The first kappa shape index (κ1) is 22.2. The van der Waals surface area contributed by atoms with Gasteiger partial charge in [0.1, 0.15) is 0 Å². The smallest absolute Gasteiger partial charge is 0.321 e. The molecule has 0 bridgehead atoms. The number of urea groups is 1. The molecule has 0 aliphatic heterocycles. The minimum Gasteiger partial charge on any atom is -0.493 e. The van der Waals surface area contributed by atoms with Crippen molar-refractivity contribution < 1.29 is 19.1 Å². The van der Waals surface area contributed by atoms with E-state index in [-0.39, 0.29) is 5.75 Å². The van der Waals surface area contributed by atoms with E-state index in [1.54, 1.807) is 27.2 Å². The third kappa shape index (κ3) is 5.34. The molecule has 1 heterocycles.